The van der Waals surface area contributed by atoms with Crippen LogP contribution in [-0.4, -0.2) is 54.1 Å². The first-order valence-electron chi connectivity index (χ1n) is 9.73. The predicted molar refractivity (Wildman–Crippen MR) is 98.0 cm³/mol. The van der Waals surface area contributed by atoms with Crippen LogP contribution in [0.1, 0.15) is 65.2 Å². The van der Waals surface area contributed by atoms with Gasteiger partial charge in [-0.3, -0.25) is 0 Å². The molecule has 0 saturated carbocycles. The predicted octanol–water partition coefficient (Wildman–Crippen LogP) is 2.47. The number of aliphatic hydroxyl groups excluding tert-OH is 2. The van der Waals surface area contributed by atoms with Crippen LogP contribution in [0.15, 0.2) is 12.3 Å². The smallest absolute Gasteiger partial charge is 0.217 e. The molecule has 1 heterocycles. The Morgan fingerprint density at radius 3 is 2.32 bits per heavy atom. The summed E-state index contributed by atoms with van der Waals surface area (Å²) >= 11 is 0. The Morgan fingerprint density at radius 2 is 1.72 bits per heavy atom. The molecule has 6 nitrogen and oxygen atoms in total. The van der Waals surface area contributed by atoms with Crippen molar-refractivity contribution in [3.63, 3.8) is 0 Å². The molecule has 1 aliphatic heterocycles. The van der Waals surface area contributed by atoms with Crippen LogP contribution < -0.4 is 5.73 Å². The molecule has 1 saturated heterocycles. The van der Waals surface area contributed by atoms with Crippen molar-refractivity contribution >= 4 is 0 Å². The van der Waals surface area contributed by atoms with Gasteiger partial charge < -0.3 is 30.2 Å². The topological polar surface area (TPSA) is 94.2 Å². The van der Waals surface area contributed by atoms with E-state index in [9.17, 15) is 10.2 Å². The van der Waals surface area contributed by atoms with E-state index < -0.39 is 30.6 Å². The maximum absolute atomic E-state index is 10.3. The molecule has 1 rings (SSSR count). The van der Waals surface area contributed by atoms with E-state index in [-0.39, 0.29) is 6.61 Å². The second kappa shape index (κ2) is 13.5. The number of hydrogen-bond donors (Lipinski definition) is 3. The standard InChI is InChI=1S/C19H37NO5/c1-3-5-6-7-8-9-10-11-13-23-18-16(20)19(24-12-4-2)25-15(14-21)17(18)22/h4,12,15-19,21-22H,3,5-11,13-14,20H2,1-2H3/b12-4-/t15?,16-,17?,18?,19+/m1/s1. The molecule has 4 N–H and O–H groups in total. The highest BCUT2D eigenvalue weighted by Crippen LogP contribution is 2.23. The molecule has 6 heteroatoms. The Hall–Kier alpha value is -0.660. The van der Waals surface area contributed by atoms with Gasteiger partial charge in [0.25, 0.3) is 0 Å². The first-order chi connectivity index (χ1) is 12.2. The number of aliphatic hydroxyl groups is 2. The lowest BCUT2D eigenvalue weighted by Gasteiger charge is -2.42. The van der Waals surface area contributed by atoms with E-state index in [1.807, 2.05) is 6.92 Å². The second-order valence-electron chi connectivity index (χ2n) is 6.71. The molecular weight excluding hydrogens is 322 g/mol. The van der Waals surface area contributed by atoms with Crippen LogP contribution in [0.5, 0.6) is 0 Å². The first kappa shape index (κ1) is 22.4. The van der Waals surface area contributed by atoms with Crippen molar-refractivity contribution in [2.24, 2.45) is 5.73 Å². The zero-order chi connectivity index (χ0) is 18.5. The number of allylic oxidation sites excluding steroid dienone is 1. The van der Waals surface area contributed by atoms with E-state index in [1.165, 1.54) is 44.8 Å². The molecule has 0 aromatic carbocycles. The number of hydrogen-bond acceptors (Lipinski definition) is 6. The molecule has 0 aromatic rings. The largest absolute Gasteiger partial charge is 0.471 e. The highest BCUT2D eigenvalue weighted by molar-refractivity contribution is 4.93. The van der Waals surface area contributed by atoms with Gasteiger partial charge in [0.1, 0.15) is 18.3 Å². The van der Waals surface area contributed by atoms with Gasteiger partial charge in [-0.1, -0.05) is 57.9 Å². The number of nitrogens with two attached hydrogens (primary N) is 1. The molecule has 0 aliphatic carbocycles. The lowest BCUT2D eigenvalue weighted by molar-refractivity contribution is -0.258. The maximum Gasteiger partial charge on any atom is 0.217 e. The van der Waals surface area contributed by atoms with Crippen LogP contribution >= 0.6 is 0 Å². The summed E-state index contributed by atoms with van der Waals surface area (Å²) in [4.78, 5) is 0. The minimum atomic E-state index is -0.959. The fourth-order valence-electron chi connectivity index (χ4n) is 3.03. The monoisotopic (exact) mass is 359 g/mol. The Kier molecular flexibility index (Phi) is 12.1. The summed E-state index contributed by atoms with van der Waals surface area (Å²) in [5, 5.41) is 19.7. The average Bonchev–Trinajstić information content (AvgIpc) is 2.62. The Morgan fingerprint density at radius 1 is 1.08 bits per heavy atom. The number of unbranched alkanes of at least 4 members (excludes halogenated alkanes) is 7. The van der Waals surface area contributed by atoms with Gasteiger partial charge in [-0.15, -0.1) is 0 Å². The summed E-state index contributed by atoms with van der Waals surface area (Å²) < 4.78 is 16.7. The molecule has 25 heavy (non-hydrogen) atoms. The van der Waals surface area contributed by atoms with Gasteiger partial charge >= 0.3 is 0 Å². The van der Waals surface area contributed by atoms with Crippen LogP contribution in [0, 0.1) is 0 Å². The Labute approximate surface area is 152 Å². The van der Waals surface area contributed by atoms with Gasteiger partial charge in [-0.05, 0) is 13.3 Å². The number of ether oxygens (including phenoxy) is 3. The minimum absolute atomic E-state index is 0.304. The third-order valence-corrected chi connectivity index (χ3v) is 4.56. The number of rotatable bonds is 13. The molecule has 3 unspecified atom stereocenters. The summed E-state index contributed by atoms with van der Waals surface area (Å²) in [6.45, 7) is 4.28. The van der Waals surface area contributed by atoms with Gasteiger partial charge in [-0.25, -0.2) is 0 Å². The average molecular weight is 360 g/mol. The quantitative estimate of drug-likeness (QED) is 0.345. The fourth-order valence-corrected chi connectivity index (χ4v) is 3.03. The third kappa shape index (κ3) is 8.05. The normalized spacial score (nSPS) is 30.0. The van der Waals surface area contributed by atoms with Crippen molar-refractivity contribution in [1.82, 2.24) is 0 Å². The van der Waals surface area contributed by atoms with Gasteiger partial charge in [0.2, 0.25) is 6.29 Å². The maximum atomic E-state index is 10.3. The van der Waals surface area contributed by atoms with Gasteiger partial charge in [0, 0.05) is 6.61 Å². The molecule has 0 amide bonds. The zero-order valence-electron chi connectivity index (χ0n) is 15.8. The van der Waals surface area contributed by atoms with E-state index in [0.717, 1.165) is 12.8 Å². The molecule has 1 aliphatic rings. The van der Waals surface area contributed by atoms with Crippen molar-refractivity contribution < 1.29 is 24.4 Å². The first-order valence-corrected chi connectivity index (χ1v) is 9.73. The van der Waals surface area contributed by atoms with E-state index in [4.69, 9.17) is 19.9 Å². The summed E-state index contributed by atoms with van der Waals surface area (Å²) in [6.07, 6.45) is 9.93. The van der Waals surface area contributed by atoms with Crippen LogP contribution in [0.25, 0.3) is 0 Å². The minimum Gasteiger partial charge on any atom is -0.471 e. The zero-order valence-corrected chi connectivity index (χ0v) is 15.8. The molecular formula is C19H37NO5. The van der Waals surface area contributed by atoms with Gasteiger partial charge in [0.05, 0.1) is 18.9 Å². The summed E-state index contributed by atoms with van der Waals surface area (Å²) in [7, 11) is 0. The van der Waals surface area contributed by atoms with Crippen molar-refractivity contribution in [2.75, 3.05) is 13.2 Å². The highest BCUT2D eigenvalue weighted by Gasteiger charge is 2.44. The molecule has 0 spiro atoms. The molecule has 0 aromatic heterocycles. The van der Waals surface area contributed by atoms with Crippen molar-refractivity contribution in [3.8, 4) is 0 Å². The molecule has 5 atom stereocenters. The summed E-state index contributed by atoms with van der Waals surface area (Å²) in [5.41, 5.74) is 6.13. The summed E-state index contributed by atoms with van der Waals surface area (Å²) in [6, 6.07) is -0.608. The molecule has 148 valence electrons. The fraction of sp³-hybridized carbons (Fsp3) is 0.895. The Balaban J connectivity index is 2.30. The lowest BCUT2D eigenvalue weighted by atomic mass is 9.97. The second-order valence-corrected chi connectivity index (χ2v) is 6.71. The SMILES string of the molecule is C/C=C\O[C@H]1OC(CO)C(O)C(OCCCCCCCCCC)[C@H]1N. The summed E-state index contributed by atoms with van der Waals surface area (Å²) in [5.74, 6) is 0. The van der Waals surface area contributed by atoms with E-state index in [2.05, 4.69) is 6.92 Å². The molecule has 1 fully saturated rings. The van der Waals surface area contributed by atoms with Crippen LogP contribution in [0.2, 0.25) is 0 Å². The van der Waals surface area contributed by atoms with Crippen LogP contribution in [0.4, 0.5) is 0 Å². The van der Waals surface area contributed by atoms with Crippen molar-refractivity contribution in [1.29, 1.82) is 0 Å². The van der Waals surface area contributed by atoms with Gasteiger partial charge in [0.15, 0.2) is 0 Å². The Bertz CT molecular complexity index is 353. The van der Waals surface area contributed by atoms with E-state index in [1.54, 1.807) is 6.08 Å². The highest BCUT2D eigenvalue weighted by atomic mass is 16.7. The van der Waals surface area contributed by atoms with Crippen LogP contribution in [0.3, 0.4) is 0 Å². The molecule has 0 radical (unpaired) electrons. The van der Waals surface area contributed by atoms with E-state index >= 15 is 0 Å². The van der Waals surface area contributed by atoms with E-state index in [0.29, 0.717) is 6.61 Å². The van der Waals surface area contributed by atoms with Crippen molar-refractivity contribution in [2.45, 2.75) is 95.9 Å². The van der Waals surface area contributed by atoms with Crippen molar-refractivity contribution in [3.05, 3.63) is 12.3 Å². The lowest BCUT2D eigenvalue weighted by Crippen LogP contribution is -2.63. The third-order valence-electron chi connectivity index (χ3n) is 4.56. The van der Waals surface area contributed by atoms with Crippen LogP contribution in [-0.2, 0) is 14.2 Å². The molecule has 0 bridgehead atoms. The van der Waals surface area contributed by atoms with Gasteiger partial charge in [-0.2, -0.15) is 0 Å².